The molecule has 0 radical (unpaired) electrons. The van der Waals surface area contributed by atoms with Gasteiger partial charge in [0.1, 0.15) is 5.82 Å². The van der Waals surface area contributed by atoms with Crippen molar-refractivity contribution in [1.82, 2.24) is 0 Å². The van der Waals surface area contributed by atoms with E-state index < -0.39 is 0 Å². The maximum Gasteiger partial charge on any atom is 0.146 e. The molecule has 0 aliphatic heterocycles. The molecule has 0 spiro atoms. The highest BCUT2D eigenvalue weighted by molar-refractivity contribution is 9.10. The molecule has 0 fully saturated rings. The van der Waals surface area contributed by atoms with Crippen LogP contribution in [-0.4, -0.2) is 0 Å². The first-order chi connectivity index (χ1) is 8.56. The second-order valence-corrected chi connectivity index (χ2v) is 5.36. The minimum Gasteiger partial charge on any atom is -0.379 e. The van der Waals surface area contributed by atoms with E-state index in [-0.39, 0.29) is 5.82 Å². The fourth-order valence-electron chi connectivity index (χ4n) is 1.64. The molecule has 0 amide bonds. The summed E-state index contributed by atoms with van der Waals surface area (Å²) in [6.45, 7) is 2.45. The summed E-state index contributed by atoms with van der Waals surface area (Å²) in [6.07, 6.45) is 0. The van der Waals surface area contributed by atoms with Crippen LogP contribution in [0.25, 0.3) is 0 Å². The third-order valence-electron chi connectivity index (χ3n) is 2.60. The van der Waals surface area contributed by atoms with Gasteiger partial charge in [-0.15, -0.1) is 0 Å². The molecular weight excluding hydrogens is 317 g/mol. The van der Waals surface area contributed by atoms with Crippen molar-refractivity contribution in [2.75, 3.05) is 5.32 Å². The van der Waals surface area contributed by atoms with E-state index >= 15 is 0 Å². The number of rotatable bonds is 3. The molecule has 0 saturated heterocycles. The van der Waals surface area contributed by atoms with Crippen molar-refractivity contribution < 1.29 is 4.39 Å². The summed E-state index contributed by atoms with van der Waals surface area (Å²) in [5, 5.41) is 3.74. The Morgan fingerprint density at radius 2 is 2.00 bits per heavy atom. The van der Waals surface area contributed by atoms with E-state index in [0.29, 0.717) is 17.3 Å². The zero-order valence-corrected chi connectivity index (χ0v) is 12.1. The molecule has 94 valence electrons. The third-order valence-corrected chi connectivity index (χ3v) is 3.61. The highest BCUT2D eigenvalue weighted by Gasteiger charge is 2.04. The Bertz CT molecular complexity index is 520. The predicted octanol–water partition coefficient (Wildman–Crippen LogP) is 5.16. The van der Waals surface area contributed by atoms with Gasteiger partial charge in [0.2, 0.25) is 0 Å². The molecule has 2 rings (SSSR count). The largest absolute Gasteiger partial charge is 0.379 e. The zero-order chi connectivity index (χ0) is 13.1. The fraction of sp³-hybridized carbons (Fsp3) is 0.143. The average Bonchev–Trinajstić information content (AvgIpc) is 2.34. The highest BCUT2D eigenvalue weighted by Crippen LogP contribution is 2.23. The summed E-state index contributed by atoms with van der Waals surface area (Å²) >= 11 is 9.38. The number of hydrogen-bond donors (Lipinski definition) is 1. The number of nitrogens with one attached hydrogen (secondary N) is 1. The maximum absolute atomic E-state index is 13.6. The van der Waals surface area contributed by atoms with Crippen LogP contribution in [0, 0.1) is 12.7 Å². The maximum atomic E-state index is 13.6. The Kier molecular flexibility index (Phi) is 4.25. The molecule has 2 aromatic carbocycles. The molecule has 1 N–H and O–H groups in total. The molecule has 0 saturated carbocycles. The molecule has 18 heavy (non-hydrogen) atoms. The summed E-state index contributed by atoms with van der Waals surface area (Å²) in [6, 6.07) is 10.5. The van der Waals surface area contributed by atoms with Crippen molar-refractivity contribution in [3.05, 3.63) is 62.8 Å². The van der Waals surface area contributed by atoms with E-state index in [4.69, 9.17) is 11.6 Å². The van der Waals surface area contributed by atoms with Crippen LogP contribution in [0.5, 0.6) is 0 Å². The molecule has 2 aromatic rings. The molecule has 0 aliphatic rings. The molecule has 4 heteroatoms. The summed E-state index contributed by atoms with van der Waals surface area (Å²) in [4.78, 5) is 0. The molecule has 0 unspecified atom stereocenters. The monoisotopic (exact) mass is 327 g/mol. The average molecular weight is 329 g/mol. The molecular formula is C14H12BrClFN. The van der Waals surface area contributed by atoms with Gasteiger partial charge >= 0.3 is 0 Å². The molecule has 0 aliphatic carbocycles. The first-order valence-electron chi connectivity index (χ1n) is 5.50. The lowest BCUT2D eigenvalue weighted by Crippen LogP contribution is -2.02. The minimum absolute atomic E-state index is 0.251. The lowest BCUT2D eigenvalue weighted by molar-refractivity contribution is 0.629. The van der Waals surface area contributed by atoms with Crippen molar-refractivity contribution in [1.29, 1.82) is 0 Å². The quantitative estimate of drug-likeness (QED) is 0.820. The lowest BCUT2D eigenvalue weighted by atomic mass is 10.2. The van der Waals surface area contributed by atoms with Gasteiger partial charge in [-0.1, -0.05) is 33.6 Å². The lowest BCUT2D eigenvalue weighted by Gasteiger charge is -2.10. The van der Waals surface area contributed by atoms with Crippen molar-refractivity contribution in [3.63, 3.8) is 0 Å². The van der Waals surface area contributed by atoms with Crippen LogP contribution in [0.2, 0.25) is 5.02 Å². The second-order valence-electron chi connectivity index (χ2n) is 4.07. The third kappa shape index (κ3) is 3.24. The molecule has 1 nitrogen and oxygen atoms in total. The molecule has 0 atom stereocenters. The first kappa shape index (κ1) is 13.4. The Hall–Kier alpha value is -1.06. The summed E-state index contributed by atoms with van der Waals surface area (Å²) in [5.74, 6) is -0.251. The van der Waals surface area contributed by atoms with Gasteiger partial charge in [-0.2, -0.15) is 0 Å². The van der Waals surface area contributed by atoms with Crippen molar-refractivity contribution in [2.24, 2.45) is 0 Å². The van der Waals surface area contributed by atoms with Crippen LogP contribution in [0.3, 0.4) is 0 Å². The van der Waals surface area contributed by atoms with E-state index in [1.807, 2.05) is 25.1 Å². The highest BCUT2D eigenvalue weighted by atomic mass is 79.9. The van der Waals surface area contributed by atoms with Gasteiger partial charge in [-0.25, -0.2) is 4.39 Å². The minimum atomic E-state index is -0.251. The topological polar surface area (TPSA) is 12.0 Å². The second kappa shape index (κ2) is 5.72. The molecule has 0 heterocycles. The van der Waals surface area contributed by atoms with Crippen LogP contribution in [-0.2, 0) is 6.54 Å². The Labute approximate surface area is 119 Å². The number of halogens is 3. The van der Waals surface area contributed by atoms with E-state index in [9.17, 15) is 4.39 Å². The Morgan fingerprint density at radius 3 is 2.78 bits per heavy atom. The normalized spacial score (nSPS) is 10.4. The SMILES string of the molecule is Cc1ccc(F)c(NCc2cc(Cl)ccc2Br)c1. The molecule has 0 aromatic heterocycles. The van der Waals surface area contributed by atoms with Crippen LogP contribution in [0.4, 0.5) is 10.1 Å². The van der Waals surface area contributed by atoms with Crippen LogP contribution < -0.4 is 5.32 Å². The van der Waals surface area contributed by atoms with Crippen LogP contribution >= 0.6 is 27.5 Å². The fourth-order valence-corrected chi connectivity index (χ4v) is 2.23. The summed E-state index contributed by atoms with van der Waals surface area (Å²) in [7, 11) is 0. The smallest absolute Gasteiger partial charge is 0.146 e. The molecule has 0 bridgehead atoms. The Morgan fingerprint density at radius 1 is 1.22 bits per heavy atom. The van der Waals surface area contributed by atoms with Gasteiger partial charge in [0, 0.05) is 16.0 Å². The van der Waals surface area contributed by atoms with E-state index in [0.717, 1.165) is 15.6 Å². The summed E-state index contributed by atoms with van der Waals surface area (Å²) in [5.41, 5.74) is 2.51. The van der Waals surface area contributed by atoms with Crippen molar-refractivity contribution in [2.45, 2.75) is 13.5 Å². The summed E-state index contributed by atoms with van der Waals surface area (Å²) < 4.78 is 14.5. The first-order valence-corrected chi connectivity index (χ1v) is 6.67. The van der Waals surface area contributed by atoms with E-state index in [1.54, 1.807) is 12.1 Å². The van der Waals surface area contributed by atoms with Crippen molar-refractivity contribution in [3.8, 4) is 0 Å². The van der Waals surface area contributed by atoms with E-state index in [1.165, 1.54) is 6.07 Å². The van der Waals surface area contributed by atoms with Gasteiger partial charge in [-0.3, -0.25) is 0 Å². The number of aryl methyl sites for hydroxylation is 1. The number of anilines is 1. The van der Waals surface area contributed by atoms with Crippen molar-refractivity contribution >= 4 is 33.2 Å². The van der Waals surface area contributed by atoms with Crippen LogP contribution in [0.1, 0.15) is 11.1 Å². The van der Waals surface area contributed by atoms with E-state index in [2.05, 4.69) is 21.2 Å². The van der Waals surface area contributed by atoms with Gasteiger partial charge in [0.05, 0.1) is 5.69 Å². The standard InChI is InChI=1S/C14H12BrClFN/c1-9-2-5-13(17)14(6-9)18-8-10-7-11(16)3-4-12(10)15/h2-7,18H,8H2,1H3. The van der Waals surface area contributed by atoms with Gasteiger partial charge < -0.3 is 5.32 Å². The van der Waals surface area contributed by atoms with Gasteiger partial charge in [0.25, 0.3) is 0 Å². The van der Waals surface area contributed by atoms with Crippen LogP contribution in [0.15, 0.2) is 40.9 Å². The zero-order valence-electron chi connectivity index (χ0n) is 9.81. The van der Waals surface area contributed by atoms with Gasteiger partial charge in [-0.05, 0) is 48.4 Å². The predicted molar refractivity (Wildman–Crippen MR) is 77.6 cm³/mol. The number of benzene rings is 2. The number of hydrogen-bond acceptors (Lipinski definition) is 1. The van der Waals surface area contributed by atoms with Gasteiger partial charge in [0.15, 0.2) is 0 Å². The Balaban J connectivity index is 2.16.